The Kier molecular flexibility index (Phi) is 4.75. The lowest BCUT2D eigenvalue weighted by Gasteiger charge is -2.13. The molecule has 1 saturated heterocycles. The van der Waals surface area contributed by atoms with E-state index < -0.39 is 0 Å². The molecule has 1 aliphatic rings. The number of amidine groups is 1. The second-order valence-electron chi connectivity index (χ2n) is 4.30. The Morgan fingerprint density at radius 1 is 1.57 bits per heavy atom. The molecule has 0 spiro atoms. The third kappa shape index (κ3) is 3.88. The van der Waals surface area contributed by atoms with Gasteiger partial charge in [0, 0.05) is 18.3 Å². The molecule has 0 aromatic rings. The summed E-state index contributed by atoms with van der Waals surface area (Å²) in [5, 5.41) is 4.59. The summed E-state index contributed by atoms with van der Waals surface area (Å²) in [6, 6.07) is 0.609. The first kappa shape index (κ1) is 11.9. The molecule has 3 nitrogen and oxygen atoms in total. The minimum absolute atomic E-state index is 0.609. The van der Waals surface area contributed by atoms with E-state index in [1.165, 1.54) is 5.75 Å². The summed E-state index contributed by atoms with van der Waals surface area (Å²) in [7, 11) is 4.15. The smallest absolute Gasteiger partial charge is 0.156 e. The number of hydrogen-bond donors (Lipinski definition) is 1. The Balaban J connectivity index is 2.27. The Bertz CT molecular complexity index is 202. The van der Waals surface area contributed by atoms with Crippen molar-refractivity contribution in [1.29, 1.82) is 0 Å². The highest BCUT2D eigenvalue weighted by atomic mass is 32.2. The molecule has 1 atom stereocenters. The molecule has 14 heavy (non-hydrogen) atoms. The first-order valence-corrected chi connectivity index (χ1v) is 6.16. The van der Waals surface area contributed by atoms with Crippen molar-refractivity contribution in [2.45, 2.75) is 19.9 Å². The van der Waals surface area contributed by atoms with Crippen LogP contribution in [0.25, 0.3) is 0 Å². The van der Waals surface area contributed by atoms with Gasteiger partial charge in [-0.2, -0.15) is 0 Å². The summed E-state index contributed by atoms with van der Waals surface area (Å²) in [4.78, 5) is 6.68. The number of nitrogens with zero attached hydrogens (tertiary/aromatic N) is 2. The summed E-state index contributed by atoms with van der Waals surface area (Å²) in [6.07, 6.45) is 0. The molecular weight excluding hydrogens is 194 g/mol. The molecule has 1 unspecified atom stereocenters. The molecule has 0 radical (unpaired) electrons. The maximum absolute atomic E-state index is 4.52. The van der Waals surface area contributed by atoms with Crippen molar-refractivity contribution in [3.63, 3.8) is 0 Å². The van der Waals surface area contributed by atoms with Crippen molar-refractivity contribution in [2.24, 2.45) is 10.9 Å². The van der Waals surface area contributed by atoms with Crippen LogP contribution in [0.2, 0.25) is 0 Å². The number of nitrogens with one attached hydrogen (secondary N) is 1. The first-order valence-electron chi connectivity index (χ1n) is 5.18. The standard InChI is InChI=1S/C10H21N3S/c1-8(2)9-7-14-10(12-9)11-5-6-13(3)4/h8-9H,5-7H2,1-4H3,(H,11,12). The fourth-order valence-corrected chi connectivity index (χ4v) is 2.44. The van der Waals surface area contributed by atoms with Gasteiger partial charge in [-0.1, -0.05) is 25.6 Å². The normalized spacial score (nSPS) is 25.0. The summed E-state index contributed by atoms with van der Waals surface area (Å²) in [5.74, 6) is 1.86. The van der Waals surface area contributed by atoms with E-state index in [2.05, 4.69) is 43.2 Å². The van der Waals surface area contributed by atoms with Gasteiger partial charge in [0.2, 0.25) is 0 Å². The SMILES string of the molecule is CC(C)C1CSC(=NCCN(C)C)N1. The predicted molar refractivity (Wildman–Crippen MR) is 65.1 cm³/mol. The van der Waals surface area contributed by atoms with E-state index >= 15 is 0 Å². The topological polar surface area (TPSA) is 27.6 Å². The number of thioether (sulfide) groups is 1. The van der Waals surface area contributed by atoms with Crippen molar-refractivity contribution in [3.05, 3.63) is 0 Å². The molecule has 0 amide bonds. The molecule has 0 bridgehead atoms. The highest BCUT2D eigenvalue weighted by molar-refractivity contribution is 8.14. The van der Waals surface area contributed by atoms with Crippen LogP contribution in [0, 0.1) is 5.92 Å². The quantitative estimate of drug-likeness (QED) is 0.765. The van der Waals surface area contributed by atoms with Gasteiger partial charge >= 0.3 is 0 Å². The molecular formula is C10H21N3S. The van der Waals surface area contributed by atoms with Gasteiger partial charge in [0.25, 0.3) is 0 Å². The molecule has 0 saturated carbocycles. The fourth-order valence-electron chi connectivity index (χ4n) is 1.21. The van der Waals surface area contributed by atoms with Crippen LogP contribution in [0.5, 0.6) is 0 Å². The van der Waals surface area contributed by atoms with Crippen molar-refractivity contribution in [3.8, 4) is 0 Å². The molecule has 4 heteroatoms. The lowest BCUT2D eigenvalue weighted by molar-refractivity contribution is 0.420. The molecule has 1 heterocycles. The summed E-state index contributed by atoms with van der Waals surface area (Å²) in [6.45, 7) is 6.42. The molecule has 1 N–H and O–H groups in total. The zero-order valence-corrected chi connectivity index (χ0v) is 10.4. The average Bonchev–Trinajstić information content (AvgIpc) is 2.52. The average molecular weight is 215 g/mol. The van der Waals surface area contributed by atoms with Gasteiger partial charge in [0.05, 0.1) is 6.54 Å². The van der Waals surface area contributed by atoms with Crippen molar-refractivity contribution in [2.75, 3.05) is 32.9 Å². The third-order valence-corrected chi connectivity index (χ3v) is 3.36. The second-order valence-corrected chi connectivity index (χ2v) is 5.30. The number of rotatable bonds is 4. The lowest BCUT2D eigenvalue weighted by atomic mass is 10.1. The lowest BCUT2D eigenvalue weighted by Crippen LogP contribution is -2.32. The van der Waals surface area contributed by atoms with Gasteiger partial charge in [0.1, 0.15) is 0 Å². The zero-order valence-electron chi connectivity index (χ0n) is 9.58. The number of likely N-dealkylation sites (N-methyl/N-ethyl adjacent to an activating group) is 1. The van der Waals surface area contributed by atoms with Crippen LogP contribution in [0.3, 0.4) is 0 Å². The minimum Gasteiger partial charge on any atom is -0.361 e. The largest absolute Gasteiger partial charge is 0.361 e. The van der Waals surface area contributed by atoms with Crippen LogP contribution in [0.1, 0.15) is 13.8 Å². The molecule has 0 aromatic carbocycles. The van der Waals surface area contributed by atoms with Crippen molar-refractivity contribution < 1.29 is 0 Å². The van der Waals surface area contributed by atoms with E-state index in [9.17, 15) is 0 Å². The Labute approximate surface area is 91.3 Å². The van der Waals surface area contributed by atoms with Gasteiger partial charge in [-0.3, -0.25) is 4.99 Å². The summed E-state index contributed by atoms with van der Waals surface area (Å²) < 4.78 is 0. The molecule has 82 valence electrons. The van der Waals surface area contributed by atoms with Crippen LogP contribution in [0.15, 0.2) is 4.99 Å². The van der Waals surface area contributed by atoms with E-state index in [1.54, 1.807) is 0 Å². The van der Waals surface area contributed by atoms with Crippen molar-refractivity contribution in [1.82, 2.24) is 10.2 Å². The maximum Gasteiger partial charge on any atom is 0.156 e. The van der Waals surface area contributed by atoms with E-state index in [4.69, 9.17) is 0 Å². The molecule has 1 rings (SSSR count). The highest BCUT2D eigenvalue weighted by Gasteiger charge is 2.22. The molecule has 1 fully saturated rings. The van der Waals surface area contributed by atoms with Crippen LogP contribution in [-0.4, -0.2) is 49.0 Å². The molecule has 0 aliphatic carbocycles. The fraction of sp³-hybridized carbons (Fsp3) is 0.900. The Morgan fingerprint density at radius 2 is 2.29 bits per heavy atom. The van der Waals surface area contributed by atoms with Gasteiger partial charge in [-0.25, -0.2) is 0 Å². The first-order chi connectivity index (χ1) is 6.59. The predicted octanol–water partition coefficient (Wildman–Crippen LogP) is 1.27. The molecule has 1 aliphatic heterocycles. The van der Waals surface area contributed by atoms with E-state index in [1.807, 2.05) is 11.8 Å². The zero-order chi connectivity index (χ0) is 10.6. The molecule has 0 aromatic heterocycles. The van der Waals surface area contributed by atoms with Crippen LogP contribution in [-0.2, 0) is 0 Å². The monoisotopic (exact) mass is 215 g/mol. The van der Waals surface area contributed by atoms with E-state index in [-0.39, 0.29) is 0 Å². The van der Waals surface area contributed by atoms with Gasteiger partial charge in [-0.15, -0.1) is 0 Å². The van der Waals surface area contributed by atoms with Crippen LogP contribution < -0.4 is 5.32 Å². The highest BCUT2D eigenvalue weighted by Crippen LogP contribution is 2.18. The van der Waals surface area contributed by atoms with Crippen LogP contribution in [0.4, 0.5) is 0 Å². The van der Waals surface area contributed by atoms with E-state index in [0.29, 0.717) is 12.0 Å². The third-order valence-electron chi connectivity index (χ3n) is 2.32. The Hall–Kier alpha value is -0.220. The van der Waals surface area contributed by atoms with Gasteiger partial charge < -0.3 is 10.2 Å². The van der Waals surface area contributed by atoms with Gasteiger partial charge in [0.15, 0.2) is 5.17 Å². The van der Waals surface area contributed by atoms with E-state index in [0.717, 1.165) is 18.3 Å². The number of hydrogen-bond acceptors (Lipinski definition) is 3. The Morgan fingerprint density at radius 3 is 2.79 bits per heavy atom. The summed E-state index contributed by atoms with van der Waals surface area (Å²) in [5.41, 5.74) is 0. The van der Waals surface area contributed by atoms with Crippen LogP contribution >= 0.6 is 11.8 Å². The maximum atomic E-state index is 4.52. The summed E-state index contributed by atoms with van der Waals surface area (Å²) >= 11 is 1.85. The van der Waals surface area contributed by atoms with Crippen molar-refractivity contribution >= 4 is 16.9 Å². The second kappa shape index (κ2) is 5.61. The van der Waals surface area contributed by atoms with Gasteiger partial charge in [-0.05, 0) is 20.0 Å². The minimum atomic E-state index is 0.609. The number of aliphatic imine (C=N–C) groups is 1.